The van der Waals surface area contributed by atoms with Gasteiger partial charge in [-0.15, -0.1) is 0 Å². The van der Waals surface area contributed by atoms with E-state index in [1.807, 2.05) is 0 Å². The number of nitro benzene ring substituents is 1. The number of benzene rings is 1. The maximum absolute atomic E-state index is 10.9. The summed E-state index contributed by atoms with van der Waals surface area (Å²) in [5, 5.41) is 34.8. The summed E-state index contributed by atoms with van der Waals surface area (Å²) in [5.74, 6) is -2.17. The van der Waals surface area contributed by atoms with E-state index in [9.17, 15) is 20.3 Å². The lowest BCUT2D eigenvalue weighted by Crippen LogP contribution is -2.37. The van der Waals surface area contributed by atoms with Crippen LogP contribution < -0.4 is 10.6 Å². The summed E-state index contributed by atoms with van der Waals surface area (Å²) >= 11 is 0. The van der Waals surface area contributed by atoms with Crippen molar-refractivity contribution in [3.63, 3.8) is 0 Å². The third kappa shape index (κ3) is 3.05. The van der Waals surface area contributed by atoms with Gasteiger partial charge < -0.3 is 20.8 Å². The van der Waals surface area contributed by atoms with Crippen LogP contribution in [-0.2, 0) is 0 Å². The van der Waals surface area contributed by atoms with Crippen LogP contribution in [0, 0.1) is 10.1 Å². The zero-order valence-electron chi connectivity index (χ0n) is 9.60. The zero-order valence-corrected chi connectivity index (χ0v) is 9.60. The minimum absolute atomic E-state index is 0.00602. The summed E-state index contributed by atoms with van der Waals surface area (Å²) in [7, 11) is 1.55. The lowest BCUT2D eigenvalue weighted by atomic mass is 10.2. The van der Waals surface area contributed by atoms with E-state index in [0.717, 1.165) is 0 Å². The van der Waals surface area contributed by atoms with Crippen LogP contribution in [0.1, 0.15) is 13.3 Å². The second-order valence-corrected chi connectivity index (χ2v) is 3.50. The van der Waals surface area contributed by atoms with Gasteiger partial charge in [0, 0.05) is 13.5 Å². The predicted octanol–water partition coefficient (Wildman–Crippen LogP) is 1.10. The van der Waals surface area contributed by atoms with E-state index in [1.54, 1.807) is 20.0 Å². The number of nitrogens with zero attached hydrogens (tertiary/aromatic N) is 1. The molecule has 94 valence electrons. The van der Waals surface area contributed by atoms with Gasteiger partial charge in [-0.2, -0.15) is 0 Å². The third-order valence-electron chi connectivity index (χ3n) is 2.32. The van der Waals surface area contributed by atoms with Crippen molar-refractivity contribution in [3.8, 4) is 0 Å². The average Bonchev–Trinajstić information content (AvgIpc) is 2.27. The highest BCUT2D eigenvalue weighted by molar-refractivity contribution is 5.76. The Labute approximate surface area is 98.2 Å². The van der Waals surface area contributed by atoms with Crippen LogP contribution in [-0.4, -0.2) is 28.1 Å². The molecule has 0 aliphatic carbocycles. The second kappa shape index (κ2) is 4.98. The molecule has 0 amide bonds. The first-order valence-corrected chi connectivity index (χ1v) is 5.09. The van der Waals surface area contributed by atoms with Crippen molar-refractivity contribution in [3.05, 3.63) is 28.3 Å². The van der Waals surface area contributed by atoms with Crippen molar-refractivity contribution in [2.75, 3.05) is 17.7 Å². The molecule has 1 aromatic carbocycles. The predicted molar refractivity (Wildman–Crippen MR) is 63.7 cm³/mol. The van der Waals surface area contributed by atoms with Gasteiger partial charge >= 0.3 is 5.69 Å². The van der Waals surface area contributed by atoms with Gasteiger partial charge in [0.25, 0.3) is 0 Å². The van der Waals surface area contributed by atoms with Gasteiger partial charge in [0.15, 0.2) is 0 Å². The van der Waals surface area contributed by atoms with Gasteiger partial charge in [0.1, 0.15) is 11.4 Å². The topological polar surface area (TPSA) is 108 Å². The first kappa shape index (κ1) is 13.2. The number of anilines is 2. The Morgan fingerprint density at radius 3 is 2.47 bits per heavy atom. The number of nitro groups is 1. The summed E-state index contributed by atoms with van der Waals surface area (Å²) in [6.07, 6.45) is -0.00602. The molecule has 7 heteroatoms. The molecular formula is C10H15N3O4. The molecule has 0 aromatic heterocycles. The summed E-state index contributed by atoms with van der Waals surface area (Å²) in [6.45, 7) is 1.54. The number of hydrogen-bond donors (Lipinski definition) is 4. The zero-order chi connectivity index (χ0) is 13.1. The van der Waals surface area contributed by atoms with E-state index in [0.29, 0.717) is 5.69 Å². The molecular weight excluding hydrogens is 226 g/mol. The summed E-state index contributed by atoms with van der Waals surface area (Å²) in [5.41, 5.74) is 0.122. The van der Waals surface area contributed by atoms with E-state index in [1.165, 1.54) is 12.1 Å². The van der Waals surface area contributed by atoms with Crippen LogP contribution in [0.4, 0.5) is 17.1 Å². The standard InChI is InChI=1S/C10H15N3O4/c1-3-10(14,15)12-8-6-4-5-7(11-2)9(8)13(16)17/h4-6,11-12,14-15H,3H2,1-2H3. The van der Waals surface area contributed by atoms with E-state index in [2.05, 4.69) is 10.6 Å². The first-order chi connectivity index (χ1) is 7.91. The molecule has 0 aliphatic rings. The molecule has 0 saturated carbocycles. The van der Waals surface area contributed by atoms with E-state index >= 15 is 0 Å². The molecule has 0 bridgehead atoms. The van der Waals surface area contributed by atoms with Gasteiger partial charge in [-0.3, -0.25) is 10.1 Å². The number of para-hydroxylation sites is 1. The van der Waals surface area contributed by atoms with E-state index in [-0.39, 0.29) is 17.8 Å². The van der Waals surface area contributed by atoms with Crippen LogP contribution in [0.25, 0.3) is 0 Å². The first-order valence-electron chi connectivity index (χ1n) is 5.09. The Morgan fingerprint density at radius 2 is 2.00 bits per heavy atom. The van der Waals surface area contributed by atoms with Crippen molar-refractivity contribution in [1.29, 1.82) is 0 Å². The van der Waals surface area contributed by atoms with Crippen molar-refractivity contribution < 1.29 is 15.1 Å². The molecule has 1 aromatic rings. The summed E-state index contributed by atoms with van der Waals surface area (Å²) < 4.78 is 0. The average molecular weight is 241 g/mol. The van der Waals surface area contributed by atoms with Crippen LogP contribution in [0.5, 0.6) is 0 Å². The minimum atomic E-state index is -2.17. The Hall–Kier alpha value is -1.86. The molecule has 0 heterocycles. The molecule has 7 nitrogen and oxygen atoms in total. The molecule has 0 saturated heterocycles. The van der Waals surface area contributed by atoms with Crippen LogP contribution in [0.2, 0.25) is 0 Å². The summed E-state index contributed by atoms with van der Waals surface area (Å²) in [4.78, 5) is 10.4. The minimum Gasteiger partial charge on any atom is -0.382 e. The third-order valence-corrected chi connectivity index (χ3v) is 2.32. The number of hydrogen-bond acceptors (Lipinski definition) is 6. The van der Waals surface area contributed by atoms with Gasteiger partial charge in [-0.25, -0.2) is 0 Å². The second-order valence-electron chi connectivity index (χ2n) is 3.50. The molecule has 4 N–H and O–H groups in total. The van der Waals surface area contributed by atoms with E-state index in [4.69, 9.17) is 0 Å². The van der Waals surface area contributed by atoms with E-state index < -0.39 is 10.8 Å². The van der Waals surface area contributed by atoms with Gasteiger partial charge in [-0.05, 0) is 12.1 Å². The fourth-order valence-corrected chi connectivity index (χ4v) is 1.35. The highest BCUT2D eigenvalue weighted by atomic mass is 16.6. The van der Waals surface area contributed by atoms with Crippen molar-refractivity contribution >= 4 is 17.1 Å². The van der Waals surface area contributed by atoms with Crippen molar-refractivity contribution in [2.45, 2.75) is 19.3 Å². The quantitative estimate of drug-likeness (QED) is 0.349. The number of aliphatic hydroxyl groups is 2. The van der Waals surface area contributed by atoms with Crippen molar-refractivity contribution in [2.24, 2.45) is 0 Å². The van der Waals surface area contributed by atoms with Gasteiger partial charge in [0.05, 0.1) is 4.92 Å². The van der Waals surface area contributed by atoms with Crippen LogP contribution in [0.3, 0.4) is 0 Å². The monoisotopic (exact) mass is 241 g/mol. The maximum atomic E-state index is 10.9. The lowest BCUT2D eigenvalue weighted by Gasteiger charge is -2.22. The molecule has 0 spiro atoms. The maximum Gasteiger partial charge on any atom is 0.315 e. The highest BCUT2D eigenvalue weighted by Gasteiger charge is 2.26. The lowest BCUT2D eigenvalue weighted by molar-refractivity contribution is -0.383. The Kier molecular flexibility index (Phi) is 3.87. The van der Waals surface area contributed by atoms with Crippen molar-refractivity contribution in [1.82, 2.24) is 0 Å². The normalized spacial score (nSPS) is 11.1. The molecule has 0 radical (unpaired) electrons. The molecule has 0 unspecified atom stereocenters. The molecule has 0 aliphatic heterocycles. The molecule has 0 atom stereocenters. The Balaban J connectivity index is 3.19. The molecule has 17 heavy (non-hydrogen) atoms. The Morgan fingerprint density at radius 1 is 1.41 bits per heavy atom. The van der Waals surface area contributed by atoms with Crippen LogP contribution in [0.15, 0.2) is 18.2 Å². The number of rotatable bonds is 5. The number of nitrogens with one attached hydrogen (secondary N) is 2. The SMILES string of the molecule is CCC(O)(O)Nc1cccc(NC)c1[N+](=O)[O-]. The molecule has 1 rings (SSSR count). The smallest absolute Gasteiger partial charge is 0.315 e. The molecule has 0 fully saturated rings. The fraction of sp³-hybridized carbons (Fsp3) is 0.400. The highest BCUT2D eigenvalue weighted by Crippen LogP contribution is 2.33. The van der Waals surface area contributed by atoms with Gasteiger partial charge in [-0.1, -0.05) is 13.0 Å². The fourth-order valence-electron chi connectivity index (χ4n) is 1.35. The van der Waals surface area contributed by atoms with Gasteiger partial charge in [0.2, 0.25) is 5.91 Å². The van der Waals surface area contributed by atoms with Crippen LogP contribution >= 0.6 is 0 Å². The summed E-state index contributed by atoms with van der Waals surface area (Å²) in [6, 6.07) is 4.52. The largest absolute Gasteiger partial charge is 0.382 e. The Bertz CT molecular complexity index is 420.